The standard InChI is InChI=1S/C34H44O2/c1-8-10-11-12-17-34(6)30-18-24(4)13-15-27(30)28-16-14-26(20-31(28)34)29-21-32(36-22-23(3)9-2)25(5)19-33(29)35-7/h13-16,18-21,23H,8-12,17,22H2,1-7H3. The molecule has 2 atom stereocenters. The van der Waals surface area contributed by atoms with Crippen LogP contribution in [0.4, 0.5) is 0 Å². The molecule has 0 aliphatic heterocycles. The summed E-state index contributed by atoms with van der Waals surface area (Å²) in [6, 6.07) is 18.3. The number of fused-ring (bicyclic) bond motifs is 3. The average molecular weight is 485 g/mol. The average Bonchev–Trinajstić information content (AvgIpc) is 3.12. The quantitative estimate of drug-likeness (QED) is 0.252. The molecule has 0 radical (unpaired) electrons. The van der Waals surface area contributed by atoms with Crippen LogP contribution < -0.4 is 9.47 Å². The van der Waals surface area contributed by atoms with Crippen LogP contribution in [0, 0.1) is 19.8 Å². The third-order valence-corrected chi connectivity index (χ3v) is 8.23. The van der Waals surface area contributed by atoms with Gasteiger partial charge in [-0.3, -0.25) is 0 Å². The molecule has 2 nitrogen and oxygen atoms in total. The van der Waals surface area contributed by atoms with Crippen molar-refractivity contribution in [1.82, 2.24) is 0 Å². The second-order valence-corrected chi connectivity index (χ2v) is 11.1. The summed E-state index contributed by atoms with van der Waals surface area (Å²) in [6.07, 6.45) is 7.41. The molecule has 0 saturated carbocycles. The minimum atomic E-state index is 0.0221. The largest absolute Gasteiger partial charge is 0.496 e. The number of hydrogen-bond acceptors (Lipinski definition) is 2. The topological polar surface area (TPSA) is 18.5 Å². The number of ether oxygens (including phenoxy) is 2. The molecule has 0 aromatic heterocycles. The van der Waals surface area contributed by atoms with E-state index in [4.69, 9.17) is 9.47 Å². The Hall–Kier alpha value is -2.74. The molecule has 0 saturated heterocycles. The van der Waals surface area contributed by atoms with Gasteiger partial charge in [0.25, 0.3) is 0 Å². The third kappa shape index (κ3) is 5.05. The first-order valence-corrected chi connectivity index (χ1v) is 13.9. The molecule has 1 aliphatic rings. The fourth-order valence-electron chi connectivity index (χ4n) is 5.63. The van der Waals surface area contributed by atoms with Gasteiger partial charge in [0.15, 0.2) is 0 Å². The Labute approximate surface area is 219 Å². The normalized spacial score (nSPS) is 17.0. The van der Waals surface area contributed by atoms with Crippen molar-refractivity contribution < 1.29 is 9.47 Å². The first-order valence-electron chi connectivity index (χ1n) is 13.9. The summed E-state index contributed by atoms with van der Waals surface area (Å²) in [5, 5.41) is 0. The number of rotatable bonds is 11. The lowest BCUT2D eigenvalue weighted by Gasteiger charge is -2.28. The van der Waals surface area contributed by atoms with E-state index in [1.165, 1.54) is 65.5 Å². The molecule has 0 bridgehead atoms. The maximum Gasteiger partial charge on any atom is 0.127 e. The van der Waals surface area contributed by atoms with Crippen molar-refractivity contribution in [2.45, 2.75) is 85.5 Å². The highest BCUT2D eigenvalue weighted by molar-refractivity contribution is 5.85. The highest BCUT2D eigenvalue weighted by Crippen LogP contribution is 2.53. The zero-order chi connectivity index (χ0) is 25.9. The number of unbranched alkanes of at least 4 members (excludes halogenated alkanes) is 3. The number of methoxy groups -OCH3 is 1. The van der Waals surface area contributed by atoms with Gasteiger partial charge >= 0.3 is 0 Å². The van der Waals surface area contributed by atoms with E-state index in [0.29, 0.717) is 5.92 Å². The van der Waals surface area contributed by atoms with E-state index in [1.807, 2.05) is 0 Å². The molecule has 2 unspecified atom stereocenters. The SMILES string of the molecule is CCCCCCC1(C)c2cc(C)ccc2-c2ccc(-c3cc(OCC(C)CC)c(C)cc3OC)cc21. The van der Waals surface area contributed by atoms with Gasteiger partial charge in [-0.25, -0.2) is 0 Å². The minimum Gasteiger partial charge on any atom is -0.496 e. The molecule has 0 spiro atoms. The van der Waals surface area contributed by atoms with E-state index in [2.05, 4.69) is 90.1 Å². The molecule has 0 amide bonds. The van der Waals surface area contributed by atoms with Crippen molar-refractivity contribution in [1.29, 1.82) is 0 Å². The lowest BCUT2D eigenvalue weighted by Crippen LogP contribution is -2.21. The second-order valence-electron chi connectivity index (χ2n) is 11.1. The molecular weight excluding hydrogens is 440 g/mol. The van der Waals surface area contributed by atoms with Crippen LogP contribution >= 0.6 is 0 Å². The second kappa shape index (κ2) is 11.1. The van der Waals surface area contributed by atoms with Gasteiger partial charge in [0, 0.05) is 11.0 Å². The van der Waals surface area contributed by atoms with Crippen molar-refractivity contribution in [3.63, 3.8) is 0 Å². The molecular formula is C34H44O2. The fourth-order valence-corrected chi connectivity index (χ4v) is 5.63. The fraction of sp³-hybridized carbons (Fsp3) is 0.471. The zero-order valence-electron chi connectivity index (χ0n) is 23.5. The van der Waals surface area contributed by atoms with E-state index >= 15 is 0 Å². The number of benzene rings is 3. The summed E-state index contributed by atoms with van der Waals surface area (Å²) < 4.78 is 12.1. The van der Waals surface area contributed by atoms with E-state index in [0.717, 1.165) is 35.7 Å². The Morgan fingerprint density at radius 2 is 1.53 bits per heavy atom. The van der Waals surface area contributed by atoms with Gasteiger partial charge in [-0.2, -0.15) is 0 Å². The van der Waals surface area contributed by atoms with Gasteiger partial charge in [-0.1, -0.05) is 95.7 Å². The van der Waals surface area contributed by atoms with Crippen LogP contribution in [0.5, 0.6) is 11.5 Å². The molecule has 0 N–H and O–H groups in total. The van der Waals surface area contributed by atoms with Crippen molar-refractivity contribution in [2.75, 3.05) is 13.7 Å². The molecule has 192 valence electrons. The highest BCUT2D eigenvalue weighted by atomic mass is 16.5. The molecule has 0 fully saturated rings. The molecule has 4 rings (SSSR count). The lowest BCUT2D eigenvalue weighted by atomic mass is 9.75. The first kappa shape index (κ1) is 26.3. The Balaban J connectivity index is 1.78. The zero-order valence-corrected chi connectivity index (χ0v) is 23.5. The van der Waals surface area contributed by atoms with Gasteiger partial charge in [-0.05, 0) is 77.8 Å². The van der Waals surface area contributed by atoms with E-state index in [-0.39, 0.29) is 5.41 Å². The van der Waals surface area contributed by atoms with Crippen LogP contribution in [0.3, 0.4) is 0 Å². The Morgan fingerprint density at radius 1 is 0.806 bits per heavy atom. The Bertz CT molecular complexity index is 1210. The summed E-state index contributed by atoms with van der Waals surface area (Å²) >= 11 is 0. The van der Waals surface area contributed by atoms with Gasteiger partial charge < -0.3 is 9.47 Å². The maximum absolute atomic E-state index is 6.27. The van der Waals surface area contributed by atoms with Crippen LogP contribution in [0.25, 0.3) is 22.3 Å². The van der Waals surface area contributed by atoms with Crippen molar-refractivity contribution in [2.24, 2.45) is 5.92 Å². The predicted molar refractivity (Wildman–Crippen MR) is 154 cm³/mol. The predicted octanol–water partition coefficient (Wildman–Crippen LogP) is 9.66. The van der Waals surface area contributed by atoms with E-state index in [9.17, 15) is 0 Å². The molecule has 3 aromatic carbocycles. The number of hydrogen-bond donors (Lipinski definition) is 0. The summed E-state index contributed by atoms with van der Waals surface area (Å²) in [5.41, 5.74) is 10.5. The van der Waals surface area contributed by atoms with Gasteiger partial charge in [0.2, 0.25) is 0 Å². The molecule has 1 aliphatic carbocycles. The van der Waals surface area contributed by atoms with Crippen molar-refractivity contribution >= 4 is 0 Å². The monoisotopic (exact) mass is 484 g/mol. The van der Waals surface area contributed by atoms with Gasteiger partial charge in [0.05, 0.1) is 13.7 Å². The van der Waals surface area contributed by atoms with Crippen LogP contribution in [0.2, 0.25) is 0 Å². The van der Waals surface area contributed by atoms with Crippen molar-refractivity contribution in [3.05, 3.63) is 70.8 Å². The van der Waals surface area contributed by atoms with E-state index in [1.54, 1.807) is 7.11 Å². The van der Waals surface area contributed by atoms with E-state index < -0.39 is 0 Å². The number of aryl methyl sites for hydroxylation is 2. The minimum absolute atomic E-state index is 0.0221. The molecule has 3 aromatic rings. The maximum atomic E-state index is 6.27. The third-order valence-electron chi connectivity index (χ3n) is 8.23. The van der Waals surface area contributed by atoms with Crippen molar-refractivity contribution in [3.8, 4) is 33.8 Å². The van der Waals surface area contributed by atoms with Crippen LogP contribution in [-0.2, 0) is 5.41 Å². The molecule has 0 heterocycles. The lowest BCUT2D eigenvalue weighted by molar-refractivity contribution is 0.255. The molecule has 36 heavy (non-hydrogen) atoms. The Kier molecular flexibility index (Phi) is 8.13. The molecule has 2 heteroatoms. The summed E-state index contributed by atoms with van der Waals surface area (Å²) in [4.78, 5) is 0. The Morgan fingerprint density at radius 3 is 2.22 bits per heavy atom. The van der Waals surface area contributed by atoms with Gasteiger partial charge in [-0.15, -0.1) is 0 Å². The van der Waals surface area contributed by atoms with Crippen LogP contribution in [0.1, 0.15) is 88.5 Å². The first-order chi connectivity index (χ1) is 17.3. The smallest absolute Gasteiger partial charge is 0.127 e. The summed E-state index contributed by atoms with van der Waals surface area (Å²) in [6.45, 7) is 14.2. The summed E-state index contributed by atoms with van der Waals surface area (Å²) in [7, 11) is 1.77. The highest BCUT2D eigenvalue weighted by Gasteiger charge is 2.39. The van der Waals surface area contributed by atoms with Crippen LogP contribution in [0.15, 0.2) is 48.5 Å². The van der Waals surface area contributed by atoms with Gasteiger partial charge in [0.1, 0.15) is 11.5 Å². The summed E-state index contributed by atoms with van der Waals surface area (Å²) in [5.74, 6) is 2.39. The van der Waals surface area contributed by atoms with Crippen LogP contribution in [-0.4, -0.2) is 13.7 Å².